The molecule has 4 nitrogen and oxygen atoms in total. The van der Waals surface area contributed by atoms with E-state index in [9.17, 15) is 0 Å². The third-order valence-corrected chi connectivity index (χ3v) is 4.15. The van der Waals surface area contributed by atoms with Gasteiger partial charge in [-0.2, -0.15) is 4.98 Å². The van der Waals surface area contributed by atoms with Crippen LogP contribution < -0.4 is 5.73 Å². The number of nitrogen functional groups attached to an aromatic ring is 1. The summed E-state index contributed by atoms with van der Waals surface area (Å²) in [5.74, 6) is 3.40. The Bertz CT molecular complexity index is 371. The molecule has 0 aliphatic heterocycles. The van der Waals surface area contributed by atoms with Crippen molar-refractivity contribution < 1.29 is 0 Å². The predicted molar refractivity (Wildman–Crippen MR) is 61.1 cm³/mol. The van der Waals surface area contributed by atoms with E-state index in [0.29, 0.717) is 5.95 Å². The topological polar surface area (TPSA) is 56.7 Å². The number of hydrogen-bond donors (Lipinski definition) is 1. The maximum absolute atomic E-state index is 5.51. The lowest BCUT2D eigenvalue weighted by atomic mass is 10.2. The fraction of sp³-hybridized carbons (Fsp3) is 0.800. The van der Waals surface area contributed by atoms with Gasteiger partial charge < -0.3 is 5.73 Å². The summed E-state index contributed by atoms with van der Waals surface area (Å²) in [6.07, 6.45) is 5.61. The monoisotopic (exact) mass is 270 g/mol. The molecule has 15 heavy (non-hydrogen) atoms. The lowest BCUT2D eigenvalue weighted by Gasteiger charge is -2.01. The second-order valence-corrected chi connectivity index (χ2v) is 5.46. The van der Waals surface area contributed by atoms with E-state index in [-0.39, 0.29) is 0 Å². The van der Waals surface area contributed by atoms with E-state index in [2.05, 4.69) is 26.0 Å². The predicted octanol–water partition coefficient (Wildman–Crippen LogP) is 2.06. The summed E-state index contributed by atoms with van der Waals surface area (Å²) in [6, 6.07) is 0. The van der Waals surface area contributed by atoms with Gasteiger partial charge in [-0.3, -0.25) is 0 Å². The van der Waals surface area contributed by atoms with Gasteiger partial charge in [-0.25, -0.2) is 4.68 Å². The molecule has 2 atom stereocenters. The number of halogens is 1. The molecule has 2 aliphatic rings. The molecule has 1 aromatic rings. The lowest BCUT2D eigenvalue weighted by molar-refractivity contribution is 0.503. The van der Waals surface area contributed by atoms with Crippen LogP contribution in [0.15, 0.2) is 4.73 Å². The van der Waals surface area contributed by atoms with Crippen LogP contribution in [0.3, 0.4) is 0 Å². The maximum Gasteiger partial charge on any atom is 0.240 e. The molecule has 0 amide bonds. The molecule has 0 bridgehead atoms. The second kappa shape index (κ2) is 3.47. The zero-order chi connectivity index (χ0) is 10.4. The molecule has 82 valence electrons. The first-order valence-electron chi connectivity index (χ1n) is 5.60. The summed E-state index contributed by atoms with van der Waals surface area (Å²) in [5, 5.41) is 4.13. The van der Waals surface area contributed by atoms with Crippen LogP contribution in [0.4, 0.5) is 5.95 Å². The van der Waals surface area contributed by atoms with E-state index in [4.69, 9.17) is 5.73 Å². The molecule has 2 fully saturated rings. The van der Waals surface area contributed by atoms with Crippen molar-refractivity contribution in [3.63, 3.8) is 0 Å². The zero-order valence-corrected chi connectivity index (χ0v) is 10.2. The van der Waals surface area contributed by atoms with Gasteiger partial charge >= 0.3 is 0 Å². The normalized spacial score (nSPS) is 29.4. The van der Waals surface area contributed by atoms with E-state index >= 15 is 0 Å². The molecule has 2 N–H and O–H groups in total. The highest BCUT2D eigenvalue weighted by Gasteiger charge is 2.46. The van der Waals surface area contributed by atoms with Gasteiger partial charge in [0, 0.05) is 6.54 Å². The first-order chi connectivity index (χ1) is 7.24. The summed E-state index contributed by atoms with van der Waals surface area (Å²) >= 11 is 3.35. The number of rotatable bonds is 4. The quantitative estimate of drug-likeness (QED) is 0.911. The van der Waals surface area contributed by atoms with Crippen molar-refractivity contribution >= 4 is 21.9 Å². The molecule has 1 heterocycles. The summed E-state index contributed by atoms with van der Waals surface area (Å²) in [4.78, 5) is 4.02. The van der Waals surface area contributed by atoms with Gasteiger partial charge in [0.25, 0.3) is 0 Å². The van der Waals surface area contributed by atoms with Crippen LogP contribution >= 0.6 is 15.9 Å². The number of aromatic nitrogens is 3. The largest absolute Gasteiger partial charge is 0.366 e. The van der Waals surface area contributed by atoms with Crippen LogP contribution in [-0.2, 0) is 6.54 Å². The van der Waals surface area contributed by atoms with Crippen LogP contribution in [0.5, 0.6) is 0 Å². The minimum atomic E-state index is 0.358. The Balaban J connectivity index is 1.51. The third kappa shape index (κ3) is 2.02. The van der Waals surface area contributed by atoms with E-state index in [0.717, 1.165) is 29.0 Å². The fourth-order valence-electron chi connectivity index (χ4n) is 2.47. The van der Waals surface area contributed by atoms with Crippen molar-refractivity contribution in [2.75, 3.05) is 5.73 Å². The molecule has 5 heteroatoms. The summed E-state index contributed by atoms with van der Waals surface area (Å²) < 4.78 is 2.61. The molecule has 0 spiro atoms. The molecule has 0 aromatic carbocycles. The summed E-state index contributed by atoms with van der Waals surface area (Å²) in [5.41, 5.74) is 5.51. The number of hydrogen-bond acceptors (Lipinski definition) is 3. The number of nitrogens with two attached hydrogens (primary N) is 1. The molecule has 2 aliphatic carbocycles. The van der Waals surface area contributed by atoms with Crippen LogP contribution in [-0.4, -0.2) is 14.8 Å². The van der Waals surface area contributed by atoms with Crippen LogP contribution in [0.25, 0.3) is 0 Å². The number of aryl methyl sites for hydroxylation is 1. The third-order valence-electron chi connectivity index (χ3n) is 3.56. The Hall–Kier alpha value is -0.580. The van der Waals surface area contributed by atoms with Crippen LogP contribution in [0.1, 0.15) is 25.7 Å². The molecular weight excluding hydrogens is 256 g/mol. The Kier molecular flexibility index (Phi) is 2.23. The van der Waals surface area contributed by atoms with E-state index in [1.807, 2.05) is 4.68 Å². The van der Waals surface area contributed by atoms with Gasteiger partial charge in [-0.05, 0) is 59.4 Å². The molecule has 2 unspecified atom stereocenters. The van der Waals surface area contributed by atoms with Crippen molar-refractivity contribution in [1.29, 1.82) is 0 Å². The fourth-order valence-corrected chi connectivity index (χ4v) is 2.91. The Morgan fingerprint density at radius 1 is 1.47 bits per heavy atom. The van der Waals surface area contributed by atoms with Gasteiger partial charge in [-0.1, -0.05) is 0 Å². The molecule has 0 radical (unpaired) electrons. The van der Waals surface area contributed by atoms with Gasteiger partial charge in [0.15, 0.2) is 4.73 Å². The highest BCUT2D eigenvalue weighted by molar-refractivity contribution is 9.10. The van der Waals surface area contributed by atoms with Crippen molar-refractivity contribution in [2.24, 2.45) is 17.8 Å². The second-order valence-electron chi connectivity index (χ2n) is 4.75. The molecule has 2 saturated carbocycles. The Morgan fingerprint density at radius 2 is 2.27 bits per heavy atom. The molecule has 1 aromatic heterocycles. The van der Waals surface area contributed by atoms with Crippen LogP contribution in [0.2, 0.25) is 0 Å². The first-order valence-corrected chi connectivity index (χ1v) is 6.39. The maximum atomic E-state index is 5.51. The van der Waals surface area contributed by atoms with Gasteiger partial charge in [-0.15, -0.1) is 5.10 Å². The van der Waals surface area contributed by atoms with Gasteiger partial charge in [0.2, 0.25) is 5.95 Å². The summed E-state index contributed by atoms with van der Waals surface area (Å²) in [6.45, 7) is 0.943. The molecule has 3 rings (SSSR count). The average molecular weight is 271 g/mol. The summed E-state index contributed by atoms with van der Waals surface area (Å²) in [7, 11) is 0. The number of anilines is 1. The minimum absolute atomic E-state index is 0.358. The lowest BCUT2D eigenvalue weighted by Crippen LogP contribution is -2.03. The Labute approximate surface area is 97.4 Å². The smallest absolute Gasteiger partial charge is 0.240 e. The van der Waals surface area contributed by atoms with Gasteiger partial charge in [0.1, 0.15) is 0 Å². The van der Waals surface area contributed by atoms with Crippen molar-refractivity contribution in [3.05, 3.63) is 4.73 Å². The average Bonchev–Trinajstić information content (AvgIpc) is 3.04. The van der Waals surface area contributed by atoms with Crippen molar-refractivity contribution in [1.82, 2.24) is 14.8 Å². The van der Waals surface area contributed by atoms with E-state index in [1.165, 1.54) is 25.7 Å². The van der Waals surface area contributed by atoms with Crippen molar-refractivity contribution in [2.45, 2.75) is 32.2 Å². The zero-order valence-electron chi connectivity index (χ0n) is 8.56. The Morgan fingerprint density at radius 3 is 2.87 bits per heavy atom. The molecular formula is C10H15BrN4. The standard InChI is InChI=1S/C10H15BrN4/c11-9-13-10(12)14-15(9)4-3-7-5-8(7)6-1-2-6/h6-8H,1-5H2,(H2,12,14). The van der Waals surface area contributed by atoms with E-state index in [1.54, 1.807) is 0 Å². The minimum Gasteiger partial charge on any atom is -0.366 e. The first kappa shape index (κ1) is 9.63. The van der Waals surface area contributed by atoms with Gasteiger partial charge in [0.05, 0.1) is 0 Å². The highest BCUT2D eigenvalue weighted by atomic mass is 79.9. The molecule has 0 saturated heterocycles. The van der Waals surface area contributed by atoms with Crippen molar-refractivity contribution in [3.8, 4) is 0 Å². The highest BCUT2D eigenvalue weighted by Crippen LogP contribution is 2.55. The van der Waals surface area contributed by atoms with E-state index < -0.39 is 0 Å². The SMILES string of the molecule is Nc1nc(Br)n(CCC2CC2C2CC2)n1. The van der Waals surface area contributed by atoms with Crippen LogP contribution in [0, 0.1) is 17.8 Å². The number of nitrogens with zero attached hydrogens (tertiary/aromatic N) is 3.